The largest absolute Gasteiger partial charge is 0.376 e. The Morgan fingerprint density at radius 3 is 2.62 bits per heavy atom. The van der Waals surface area contributed by atoms with Crippen molar-refractivity contribution < 1.29 is 9.59 Å². The summed E-state index contributed by atoms with van der Waals surface area (Å²) in [6.07, 6.45) is 0. The number of hydrogen-bond donors (Lipinski definition) is 3. The summed E-state index contributed by atoms with van der Waals surface area (Å²) in [4.78, 5) is 25.6. The van der Waals surface area contributed by atoms with Crippen molar-refractivity contribution in [2.45, 2.75) is 46.8 Å². The lowest BCUT2D eigenvalue weighted by molar-refractivity contribution is -0.118. The number of carbonyl (C=O) groups is 2. The third-order valence-corrected chi connectivity index (χ3v) is 4.58. The van der Waals surface area contributed by atoms with Crippen molar-refractivity contribution >= 4 is 17.6 Å². The van der Waals surface area contributed by atoms with E-state index in [0.29, 0.717) is 18.5 Å². The number of imide groups is 1. The van der Waals surface area contributed by atoms with Crippen molar-refractivity contribution in [3.05, 3.63) is 29.3 Å². The molecule has 0 radical (unpaired) electrons. The Kier molecular flexibility index (Phi) is 6.20. The van der Waals surface area contributed by atoms with Gasteiger partial charge in [0.05, 0.1) is 6.54 Å². The summed E-state index contributed by atoms with van der Waals surface area (Å²) < 4.78 is 0. The third kappa shape index (κ3) is 4.47. The Morgan fingerprint density at radius 1 is 1.21 bits per heavy atom. The third-order valence-electron chi connectivity index (χ3n) is 4.58. The number of nitrogens with one attached hydrogen (secondary N) is 3. The molecule has 1 aromatic rings. The van der Waals surface area contributed by atoms with Gasteiger partial charge in [0.15, 0.2) is 0 Å². The molecule has 1 aliphatic heterocycles. The number of urea groups is 1. The Labute approximate surface area is 144 Å². The molecule has 6 heteroatoms. The molecule has 0 fully saturated rings. The summed E-state index contributed by atoms with van der Waals surface area (Å²) >= 11 is 0. The summed E-state index contributed by atoms with van der Waals surface area (Å²) in [6, 6.07) is 6.18. The Balaban J connectivity index is 1.96. The zero-order valence-corrected chi connectivity index (χ0v) is 15.0. The highest BCUT2D eigenvalue weighted by atomic mass is 16.2. The van der Waals surface area contributed by atoms with Crippen LogP contribution in [0.25, 0.3) is 0 Å². The van der Waals surface area contributed by atoms with Gasteiger partial charge in [0.25, 0.3) is 0 Å². The van der Waals surface area contributed by atoms with Gasteiger partial charge in [0, 0.05) is 31.4 Å². The van der Waals surface area contributed by atoms with Crippen LogP contribution in [0.1, 0.15) is 38.8 Å². The van der Waals surface area contributed by atoms with Gasteiger partial charge >= 0.3 is 6.03 Å². The predicted molar refractivity (Wildman–Crippen MR) is 95.7 cm³/mol. The van der Waals surface area contributed by atoms with Gasteiger partial charge in [-0.3, -0.25) is 15.0 Å². The molecule has 2 rings (SSSR count). The zero-order valence-electron chi connectivity index (χ0n) is 15.0. The van der Waals surface area contributed by atoms with Crippen molar-refractivity contribution in [1.29, 1.82) is 0 Å². The first-order valence-corrected chi connectivity index (χ1v) is 8.58. The van der Waals surface area contributed by atoms with E-state index in [1.165, 1.54) is 11.1 Å². The fourth-order valence-electron chi connectivity index (χ4n) is 2.87. The second-order valence-electron chi connectivity index (χ2n) is 6.59. The second-order valence-corrected chi connectivity index (χ2v) is 6.59. The first kappa shape index (κ1) is 18.3. The summed E-state index contributed by atoms with van der Waals surface area (Å²) in [6.45, 7) is 10.9. The lowest BCUT2D eigenvalue weighted by Gasteiger charge is -2.27. The second kappa shape index (κ2) is 8.15. The first-order valence-electron chi connectivity index (χ1n) is 8.58. The summed E-state index contributed by atoms with van der Waals surface area (Å²) in [5.74, 6) is 0.252. The van der Waals surface area contributed by atoms with E-state index in [1.54, 1.807) is 6.92 Å². The molecule has 1 unspecified atom stereocenters. The number of amides is 3. The maximum Gasteiger partial charge on any atom is 0.321 e. The van der Waals surface area contributed by atoms with E-state index < -0.39 is 6.03 Å². The molecule has 6 nitrogen and oxygen atoms in total. The van der Waals surface area contributed by atoms with Crippen LogP contribution in [0.2, 0.25) is 0 Å². The summed E-state index contributed by atoms with van der Waals surface area (Å²) in [5.41, 5.74) is 3.52. The Morgan fingerprint density at radius 2 is 1.96 bits per heavy atom. The molecule has 0 aromatic heterocycles. The van der Waals surface area contributed by atoms with Gasteiger partial charge < -0.3 is 10.6 Å². The molecule has 0 aliphatic carbocycles. The molecule has 1 aliphatic rings. The van der Waals surface area contributed by atoms with Gasteiger partial charge in [0.1, 0.15) is 0 Å². The maximum absolute atomic E-state index is 11.8. The van der Waals surface area contributed by atoms with Gasteiger partial charge in [0.2, 0.25) is 5.91 Å². The van der Waals surface area contributed by atoms with Crippen LogP contribution < -0.4 is 16.0 Å². The molecule has 0 saturated heterocycles. The fraction of sp³-hybridized carbons (Fsp3) is 0.556. The van der Waals surface area contributed by atoms with E-state index in [4.69, 9.17) is 0 Å². The van der Waals surface area contributed by atoms with Gasteiger partial charge in [-0.05, 0) is 37.0 Å². The predicted octanol–water partition coefficient (Wildman–Crippen LogP) is 2.30. The SMILES string of the molecule is CCNC(=O)NC(=O)CNc1cccc2c1CN(C(C)C(C)C)C2. The summed E-state index contributed by atoms with van der Waals surface area (Å²) in [5, 5.41) is 8.00. The molecule has 132 valence electrons. The van der Waals surface area contributed by atoms with Crippen molar-refractivity contribution in [3.63, 3.8) is 0 Å². The number of nitrogens with zero attached hydrogens (tertiary/aromatic N) is 1. The smallest absolute Gasteiger partial charge is 0.321 e. The molecule has 3 amide bonds. The van der Waals surface area contributed by atoms with Crippen LogP contribution in [0.5, 0.6) is 0 Å². The zero-order chi connectivity index (χ0) is 17.7. The van der Waals surface area contributed by atoms with Gasteiger partial charge in [-0.15, -0.1) is 0 Å². The lowest BCUT2D eigenvalue weighted by atomic mass is 10.1. The number of benzene rings is 1. The van der Waals surface area contributed by atoms with Crippen molar-refractivity contribution in [2.75, 3.05) is 18.4 Å². The van der Waals surface area contributed by atoms with E-state index in [1.807, 2.05) is 12.1 Å². The number of anilines is 1. The highest BCUT2D eigenvalue weighted by Crippen LogP contribution is 2.31. The monoisotopic (exact) mass is 332 g/mol. The summed E-state index contributed by atoms with van der Waals surface area (Å²) in [7, 11) is 0. The minimum Gasteiger partial charge on any atom is -0.376 e. The van der Waals surface area contributed by atoms with E-state index in [0.717, 1.165) is 18.8 Å². The molecular weight excluding hydrogens is 304 g/mol. The lowest BCUT2D eigenvalue weighted by Crippen LogP contribution is -2.41. The molecule has 1 heterocycles. The van der Waals surface area contributed by atoms with E-state index >= 15 is 0 Å². The maximum atomic E-state index is 11.8. The molecule has 0 saturated carbocycles. The van der Waals surface area contributed by atoms with Crippen molar-refractivity contribution in [1.82, 2.24) is 15.5 Å². The molecule has 24 heavy (non-hydrogen) atoms. The highest BCUT2D eigenvalue weighted by Gasteiger charge is 2.26. The van der Waals surface area contributed by atoms with Crippen LogP contribution >= 0.6 is 0 Å². The van der Waals surface area contributed by atoms with Gasteiger partial charge in [-0.25, -0.2) is 4.79 Å². The van der Waals surface area contributed by atoms with Crippen LogP contribution in [-0.2, 0) is 17.9 Å². The highest BCUT2D eigenvalue weighted by molar-refractivity contribution is 5.96. The van der Waals surface area contributed by atoms with Gasteiger partial charge in [-0.1, -0.05) is 26.0 Å². The van der Waals surface area contributed by atoms with Crippen molar-refractivity contribution in [2.24, 2.45) is 5.92 Å². The number of carbonyl (C=O) groups excluding carboxylic acids is 2. The molecular formula is C18H28N4O2. The quantitative estimate of drug-likeness (QED) is 0.747. The standard InChI is InChI=1S/C18H28N4O2/c1-5-19-18(24)21-17(23)9-20-16-8-6-7-14-10-22(11-15(14)16)13(4)12(2)3/h6-8,12-13,20H,5,9-11H2,1-4H3,(H2,19,21,23,24). The van der Waals surface area contributed by atoms with E-state index in [9.17, 15) is 9.59 Å². The molecule has 0 bridgehead atoms. The fourth-order valence-corrected chi connectivity index (χ4v) is 2.87. The van der Waals surface area contributed by atoms with Crippen LogP contribution in [0.15, 0.2) is 18.2 Å². The minimum absolute atomic E-state index is 0.0767. The van der Waals surface area contributed by atoms with Crippen molar-refractivity contribution in [3.8, 4) is 0 Å². The van der Waals surface area contributed by atoms with E-state index in [2.05, 4.69) is 47.7 Å². The van der Waals surface area contributed by atoms with Crippen LogP contribution in [-0.4, -0.2) is 36.0 Å². The molecule has 3 N–H and O–H groups in total. The number of hydrogen-bond acceptors (Lipinski definition) is 4. The van der Waals surface area contributed by atoms with Crippen LogP contribution in [0.3, 0.4) is 0 Å². The average Bonchev–Trinajstić information content (AvgIpc) is 2.96. The van der Waals surface area contributed by atoms with E-state index in [-0.39, 0.29) is 12.5 Å². The number of rotatable bonds is 6. The molecule has 0 spiro atoms. The minimum atomic E-state index is -0.459. The van der Waals surface area contributed by atoms with Crippen LogP contribution in [0.4, 0.5) is 10.5 Å². The topological polar surface area (TPSA) is 73.5 Å². The molecule has 1 aromatic carbocycles. The Hall–Kier alpha value is -2.08. The van der Waals surface area contributed by atoms with Gasteiger partial charge in [-0.2, -0.15) is 0 Å². The Bertz CT molecular complexity index is 601. The average molecular weight is 332 g/mol. The number of fused-ring (bicyclic) bond motifs is 1. The van der Waals surface area contributed by atoms with Crippen LogP contribution in [0, 0.1) is 5.92 Å². The first-order chi connectivity index (χ1) is 11.4. The normalized spacial score (nSPS) is 15.0. The molecule has 1 atom stereocenters.